The van der Waals surface area contributed by atoms with Crippen molar-refractivity contribution >= 4 is 22.8 Å². The molecular weight excluding hydrogens is 410 g/mol. The Balaban J connectivity index is 1.44. The lowest BCUT2D eigenvalue weighted by Gasteiger charge is -2.36. The standard InChI is InChI=1S/C25H20F2N4O/c26-18-9-6-10-19(27)22(18)25(32)31-15-13-30(14-16-31)24-23(17-7-2-1-3-8-17)28-20-11-4-5-12-21(20)29-24/h1-12H,13-16H2. The maximum Gasteiger partial charge on any atom is 0.259 e. The van der Waals surface area contributed by atoms with Gasteiger partial charge in [0, 0.05) is 31.7 Å². The average molecular weight is 430 g/mol. The Morgan fingerprint density at radius 3 is 1.97 bits per heavy atom. The topological polar surface area (TPSA) is 49.3 Å². The van der Waals surface area contributed by atoms with Crippen molar-refractivity contribution in [1.82, 2.24) is 14.9 Å². The van der Waals surface area contributed by atoms with Crippen LogP contribution < -0.4 is 4.90 Å². The molecule has 1 aromatic heterocycles. The summed E-state index contributed by atoms with van der Waals surface area (Å²) < 4.78 is 28.1. The minimum Gasteiger partial charge on any atom is -0.351 e. The van der Waals surface area contributed by atoms with Gasteiger partial charge in [-0.15, -0.1) is 0 Å². The fourth-order valence-electron chi connectivity index (χ4n) is 3.98. The third-order valence-electron chi connectivity index (χ3n) is 5.64. The second-order valence-corrected chi connectivity index (χ2v) is 7.63. The van der Waals surface area contributed by atoms with E-state index in [4.69, 9.17) is 9.97 Å². The van der Waals surface area contributed by atoms with Crippen LogP contribution in [0.25, 0.3) is 22.3 Å². The highest BCUT2D eigenvalue weighted by atomic mass is 19.1. The zero-order chi connectivity index (χ0) is 22.1. The van der Waals surface area contributed by atoms with Crippen LogP contribution in [0.5, 0.6) is 0 Å². The highest BCUT2D eigenvalue weighted by Gasteiger charge is 2.28. The van der Waals surface area contributed by atoms with Crippen molar-refractivity contribution in [2.24, 2.45) is 0 Å². The molecule has 1 saturated heterocycles. The van der Waals surface area contributed by atoms with E-state index in [1.165, 1.54) is 11.0 Å². The molecule has 0 bridgehead atoms. The minimum absolute atomic E-state index is 0.329. The monoisotopic (exact) mass is 430 g/mol. The van der Waals surface area contributed by atoms with E-state index in [2.05, 4.69) is 4.90 Å². The second kappa shape index (κ2) is 8.34. The Morgan fingerprint density at radius 2 is 1.31 bits per heavy atom. The summed E-state index contributed by atoms with van der Waals surface area (Å²) in [6, 6.07) is 21.0. The minimum atomic E-state index is -0.843. The molecule has 0 N–H and O–H groups in total. The lowest BCUT2D eigenvalue weighted by atomic mass is 10.1. The fraction of sp³-hybridized carbons (Fsp3) is 0.160. The van der Waals surface area contributed by atoms with Gasteiger partial charge in [0.2, 0.25) is 0 Å². The Kier molecular flexibility index (Phi) is 5.23. The summed E-state index contributed by atoms with van der Waals surface area (Å²) in [7, 11) is 0. The van der Waals surface area contributed by atoms with E-state index in [-0.39, 0.29) is 0 Å². The molecule has 0 saturated carbocycles. The van der Waals surface area contributed by atoms with E-state index in [0.29, 0.717) is 26.2 Å². The molecule has 5 rings (SSSR count). The number of hydrogen-bond donors (Lipinski definition) is 0. The summed E-state index contributed by atoms with van der Waals surface area (Å²) in [4.78, 5) is 26.0. The number of nitrogens with zero attached hydrogens (tertiary/aromatic N) is 4. The molecule has 0 spiro atoms. The SMILES string of the molecule is O=C(c1c(F)cccc1F)N1CCN(c2nc3ccccc3nc2-c2ccccc2)CC1. The second-order valence-electron chi connectivity index (χ2n) is 7.63. The third kappa shape index (κ3) is 3.66. The number of anilines is 1. The predicted octanol–water partition coefficient (Wildman–Crippen LogP) is 4.54. The molecule has 3 aromatic carbocycles. The molecule has 0 aliphatic carbocycles. The molecule has 32 heavy (non-hydrogen) atoms. The van der Waals surface area contributed by atoms with Gasteiger partial charge in [0.05, 0.1) is 11.0 Å². The number of amides is 1. The molecule has 1 aliphatic heterocycles. The molecule has 1 aliphatic rings. The van der Waals surface area contributed by atoms with Gasteiger partial charge in [0.15, 0.2) is 5.82 Å². The maximum absolute atomic E-state index is 14.1. The summed E-state index contributed by atoms with van der Waals surface area (Å²) in [5.41, 5.74) is 2.81. The number of para-hydroxylation sites is 2. The van der Waals surface area contributed by atoms with Crippen molar-refractivity contribution in [3.8, 4) is 11.3 Å². The van der Waals surface area contributed by atoms with Gasteiger partial charge in [0.1, 0.15) is 22.9 Å². The largest absolute Gasteiger partial charge is 0.351 e. The number of carbonyl (C=O) groups excluding carboxylic acids is 1. The van der Waals surface area contributed by atoms with Gasteiger partial charge in [-0.25, -0.2) is 18.7 Å². The van der Waals surface area contributed by atoms with Crippen LogP contribution in [0.4, 0.5) is 14.6 Å². The van der Waals surface area contributed by atoms with Crippen LogP contribution in [0, 0.1) is 11.6 Å². The Bertz CT molecular complexity index is 1270. The van der Waals surface area contributed by atoms with Crippen molar-refractivity contribution < 1.29 is 13.6 Å². The first kappa shape index (κ1) is 20.1. The molecule has 1 amide bonds. The number of aromatic nitrogens is 2. The van der Waals surface area contributed by atoms with E-state index in [9.17, 15) is 13.6 Å². The van der Waals surface area contributed by atoms with Gasteiger partial charge in [0.25, 0.3) is 5.91 Å². The van der Waals surface area contributed by atoms with Crippen LogP contribution >= 0.6 is 0 Å². The number of fused-ring (bicyclic) bond motifs is 1. The highest BCUT2D eigenvalue weighted by molar-refractivity contribution is 5.95. The highest BCUT2D eigenvalue weighted by Crippen LogP contribution is 2.30. The van der Waals surface area contributed by atoms with E-state index in [1.54, 1.807) is 0 Å². The van der Waals surface area contributed by atoms with Crippen LogP contribution in [0.2, 0.25) is 0 Å². The third-order valence-corrected chi connectivity index (χ3v) is 5.64. The average Bonchev–Trinajstić information content (AvgIpc) is 2.84. The van der Waals surface area contributed by atoms with Crippen LogP contribution in [0.15, 0.2) is 72.8 Å². The van der Waals surface area contributed by atoms with E-state index in [0.717, 1.165) is 40.2 Å². The summed E-state index contributed by atoms with van der Waals surface area (Å²) in [6.45, 7) is 1.62. The lowest BCUT2D eigenvalue weighted by molar-refractivity contribution is 0.0736. The Morgan fingerprint density at radius 1 is 0.719 bits per heavy atom. The van der Waals surface area contributed by atoms with Crippen molar-refractivity contribution in [2.75, 3.05) is 31.1 Å². The molecule has 1 fully saturated rings. The van der Waals surface area contributed by atoms with Crippen molar-refractivity contribution in [3.63, 3.8) is 0 Å². The molecule has 4 aromatic rings. The van der Waals surface area contributed by atoms with Gasteiger partial charge in [-0.05, 0) is 24.3 Å². The van der Waals surface area contributed by atoms with Crippen LogP contribution in [-0.2, 0) is 0 Å². The number of carbonyl (C=O) groups is 1. The summed E-state index contributed by atoms with van der Waals surface area (Å²) in [6.07, 6.45) is 0. The van der Waals surface area contributed by atoms with Crippen molar-refractivity contribution in [2.45, 2.75) is 0 Å². The van der Waals surface area contributed by atoms with Crippen LogP contribution in [0.1, 0.15) is 10.4 Å². The lowest BCUT2D eigenvalue weighted by Crippen LogP contribution is -2.49. The van der Waals surface area contributed by atoms with Crippen LogP contribution in [-0.4, -0.2) is 47.0 Å². The normalized spacial score (nSPS) is 14.1. The quantitative estimate of drug-likeness (QED) is 0.479. The smallest absolute Gasteiger partial charge is 0.259 e. The number of piperazine rings is 1. The van der Waals surface area contributed by atoms with Gasteiger partial charge in [-0.1, -0.05) is 48.5 Å². The van der Waals surface area contributed by atoms with Crippen LogP contribution in [0.3, 0.4) is 0 Å². The molecular formula is C25H20F2N4O. The molecule has 0 radical (unpaired) electrons. The number of halogens is 2. The zero-order valence-corrected chi connectivity index (χ0v) is 17.2. The van der Waals surface area contributed by atoms with Gasteiger partial charge in [-0.2, -0.15) is 0 Å². The number of benzene rings is 3. The Labute approximate surface area is 183 Å². The summed E-state index contributed by atoms with van der Waals surface area (Å²) in [5.74, 6) is -1.58. The first-order valence-electron chi connectivity index (χ1n) is 10.4. The summed E-state index contributed by atoms with van der Waals surface area (Å²) >= 11 is 0. The first-order chi connectivity index (χ1) is 15.6. The molecule has 5 nitrogen and oxygen atoms in total. The van der Waals surface area contributed by atoms with Crippen molar-refractivity contribution in [1.29, 1.82) is 0 Å². The molecule has 0 unspecified atom stereocenters. The van der Waals surface area contributed by atoms with Gasteiger partial charge < -0.3 is 9.80 Å². The molecule has 0 atom stereocenters. The number of rotatable bonds is 3. The number of hydrogen-bond acceptors (Lipinski definition) is 4. The predicted molar refractivity (Wildman–Crippen MR) is 119 cm³/mol. The first-order valence-corrected chi connectivity index (χ1v) is 10.4. The Hall–Kier alpha value is -3.87. The van der Waals surface area contributed by atoms with E-state index in [1.807, 2.05) is 54.6 Å². The maximum atomic E-state index is 14.1. The fourth-order valence-corrected chi connectivity index (χ4v) is 3.98. The molecule has 7 heteroatoms. The zero-order valence-electron chi connectivity index (χ0n) is 17.2. The summed E-state index contributed by atoms with van der Waals surface area (Å²) in [5, 5.41) is 0. The molecule has 2 heterocycles. The van der Waals surface area contributed by atoms with E-state index >= 15 is 0 Å². The van der Waals surface area contributed by atoms with E-state index < -0.39 is 23.1 Å². The molecule has 160 valence electrons. The van der Waals surface area contributed by atoms with Gasteiger partial charge in [-0.3, -0.25) is 4.79 Å². The van der Waals surface area contributed by atoms with Gasteiger partial charge >= 0.3 is 0 Å². The van der Waals surface area contributed by atoms with Crippen molar-refractivity contribution in [3.05, 3.63) is 90.0 Å².